The number of amides is 1. The predicted octanol–water partition coefficient (Wildman–Crippen LogP) is 2.54. The fourth-order valence-electron chi connectivity index (χ4n) is 3.07. The number of halogens is 1. The van der Waals surface area contributed by atoms with Crippen LogP contribution in [0.2, 0.25) is 0 Å². The number of carbonyl (C=O) groups excluding carboxylic acids is 1. The molecule has 0 unspecified atom stereocenters. The number of rotatable bonds is 4. The van der Waals surface area contributed by atoms with Crippen molar-refractivity contribution < 1.29 is 13.7 Å². The maximum atomic E-state index is 14.9. The molecule has 1 saturated heterocycles. The summed E-state index contributed by atoms with van der Waals surface area (Å²) < 4.78 is 19.9. The molecule has 3 heterocycles. The van der Waals surface area contributed by atoms with Crippen molar-refractivity contribution in [2.75, 3.05) is 25.0 Å². The molecule has 0 atom stereocenters. The number of likely N-dealkylation sites (N-methyl/N-ethyl adjacent to an activating group) is 1. The number of benzene rings is 1. The smallest absolute Gasteiger partial charge is 0.276 e. The van der Waals surface area contributed by atoms with Gasteiger partial charge >= 0.3 is 0 Å². The summed E-state index contributed by atoms with van der Waals surface area (Å²) in [6, 6.07) is 10.7. The predicted molar refractivity (Wildman–Crippen MR) is 96.8 cm³/mol. The molecule has 0 aliphatic carbocycles. The van der Waals surface area contributed by atoms with Gasteiger partial charge in [0.15, 0.2) is 17.3 Å². The van der Waals surface area contributed by atoms with E-state index in [1.165, 1.54) is 6.33 Å². The van der Waals surface area contributed by atoms with E-state index in [0.29, 0.717) is 24.4 Å². The average Bonchev–Trinajstić information content (AvgIpc) is 3.08. The summed E-state index contributed by atoms with van der Waals surface area (Å²) in [5.41, 5.74) is 1.24. The van der Waals surface area contributed by atoms with E-state index in [1.807, 2.05) is 18.2 Å². The summed E-state index contributed by atoms with van der Waals surface area (Å²) in [6.07, 6.45) is 1.36. The van der Waals surface area contributed by atoms with Crippen molar-refractivity contribution in [3.8, 4) is 11.3 Å². The summed E-state index contributed by atoms with van der Waals surface area (Å²) in [4.78, 5) is 24.0. The van der Waals surface area contributed by atoms with Gasteiger partial charge in [0.2, 0.25) is 0 Å². The Balaban J connectivity index is 1.47. The van der Waals surface area contributed by atoms with Crippen molar-refractivity contribution in [3.05, 3.63) is 60.0 Å². The van der Waals surface area contributed by atoms with Gasteiger partial charge in [0.25, 0.3) is 5.91 Å². The van der Waals surface area contributed by atoms with Gasteiger partial charge in [-0.15, -0.1) is 0 Å². The minimum Gasteiger partial charge on any atom is -0.361 e. The Morgan fingerprint density at radius 1 is 1.26 bits per heavy atom. The molecule has 3 aromatic rings. The maximum absolute atomic E-state index is 14.9. The molecule has 27 heavy (non-hydrogen) atoms. The minimum atomic E-state index is -0.455. The van der Waals surface area contributed by atoms with Crippen LogP contribution in [0.5, 0.6) is 0 Å². The summed E-state index contributed by atoms with van der Waals surface area (Å²) in [6.45, 7) is 2.71. The van der Waals surface area contributed by atoms with Crippen molar-refractivity contribution in [2.24, 2.45) is 0 Å². The van der Waals surface area contributed by atoms with Crippen LogP contribution in [-0.2, 0) is 0 Å². The highest BCUT2D eigenvalue weighted by Gasteiger charge is 2.36. The quantitative estimate of drug-likeness (QED) is 0.705. The van der Waals surface area contributed by atoms with E-state index in [-0.39, 0.29) is 29.2 Å². The first-order chi connectivity index (χ1) is 13.0. The fourth-order valence-corrected chi connectivity index (χ4v) is 3.07. The van der Waals surface area contributed by atoms with Gasteiger partial charge in [-0.3, -0.25) is 4.79 Å². The normalized spacial score (nSPS) is 14.1. The molecule has 8 heteroatoms. The topological polar surface area (TPSA) is 75.4 Å². The maximum Gasteiger partial charge on any atom is 0.276 e. The summed E-state index contributed by atoms with van der Waals surface area (Å²) in [5.74, 6) is 0.157. The number of nitrogens with zero attached hydrogens (tertiary/aromatic N) is 5. The molecular formula is C19H18FN5O2. The Morgan fingerprint density at radius 3 is 2.67 bits per heavy atom. The molecule has 4 rings (SSSR count). The summed E-state index contributed by atoms with van der Waals surface area (Å²) >= 11 is 0. The third-order valence-electron chi connectivity index (χ3n) is 4.70. The van der Waals surface area contributed by atoms with Gasteiger partial charge in [0.05, 0.1) is 6.04 Å². The van der Waals surface area contributed by atoms with E-state index >= 15 is 0 Å². The minimum absolute atomic E-state index is 0.0518. The van der Waals surface area contributed by atoms with E-state index < -0.39 is 5.82 Å². The van der Waals surface area contributed by atoms with Crippen molar-refractivity contribution in [3.63, 3.8) is 0 Å². The van der Waals surface area contributed by atoms with E-state index in [4.69, 9.17) is 4.52 Å². The lowest BCUT2D eigenvalue weighted by Gasteiger charge is -2.44. The number of hydrogen-bond acceptors (Lipinski definition) is 6. The molecule has 1 aliphatic heterocycles. The van der Waals surface area contributed by atoms with Gasteiger partial charge in [0, 0.05) is 31.8 Å². The van der Waals surface area contributed by atoms with E-state index in [0.717, 1.165) is 0 Å². The molecule has 1 fully saturated rings. The molecule has 2 aromatic heterocycles. The molecule has 138 valence electrons. The molecule has 0 saturated carbocycles. The zero-order chi connectivity index (χ0) is 19.0. The van der Waals surface area contributed by atoms with Gasteiger partial charge in [0.1, 0.15) is 17.8 Å². The van der Waals surface area contributed by atoms with Crippen LogP contribution in [0.3, 0.4) is 0 Å². The van der Waals surface area contributed by atoms with Crippen LogP contribution >= 0.6 is 0 Å². The molecule has 0 bridgehead atoms. The number of aryl methyl sites for hydroxylation is 1. The highest BCUT2D eigenvalue weighted by molar-refractivity contribution is 5.92. The summed E-state index contributed by atoms with van der Waals surface area (Å²) in [7, 11) is 1.71. The first kappa shape index (κ1) is 17.1. The molecule has 1 aliphatic rings. The Morgan fingerprint density at radius 2 is 2.00 bits per heavy atom. The lowest BCUT2D eigenvalue weighted by molar-refractivity contribution is 0.0694. The van der Waals surface area contributed by atoms with E-state index in [1.54, 1.807) is 42.0 Å². The van der Waals surface area contributed by atoms with Crippen LogP contribution in [0.4, 0.5) is 10.2 Å². The number of hydrogen-bond donors (Lipinski definition) is 0. The Hall–Kier alpha value is -3.29. The average molecular weight is 367 g/mol. The highest BCUT2D eigenvalue weighted by Crippen LogP contribution is 2.29. The lowest BCUT2D eigenvalue weighted by atomic mass is 10.1. The standard InChI is InChI=1S/C19H18FN5O2/c1-12-8-15(23-27-12)19(26)24(2)14-9-25(10-14)18-16(20)17(21-11-22-18)13-6-4-3-5-7-13/h3-8,11,14H,9-10H2,1-2H3. The number of carbonyl (C=O) groups is 1. The van der Waals surface area contributed by atoms with Crippen LogP contribution < -0.4 is 4.90 Å². The van der Waals surface area contributed by atoms with Gasteiger partial charge < -0.3 is 14.3 Å². The molecule has 1 amide bonds. The van der Waals surface area contributed by atoms with E-state index in [2.05, 4.69) is 15.1 Å². The molecule has 1 aromatic carbocycles. The SMILES string of the molecule is Cc1cc(C(=O)N(C)C2CN(c3ncnc(-c4ccccc4)c3F)C2)no1. The van der Waals surface area contributed by atoms with Crippen LogP contribution in [0.25, 0.3) is 11.3 Å². The molecule has 0 N–H and O–H groups in total. The fraction of sp³-hybridized carbons (Fsp3) is 0.263. The summed E-state index contributed by atoms with van der Waals surface area (Å²) in [5, 5.41) is 3.75. The van der Waals surface area contributed by atoms with Crippen LogP contribution in [0.15, 0.2) is 47.2 Å². The zero-order valence-corrected chi connectivity index (χ0v) is 15.0. The molecule has 7 nitrogen and oxygen atoms in total. The van der Waals surface area contributed by atoms with Gasteiger partial charge in [-0.1, -0.05) is 35.5 Å². The largest absolute Gasteiger partial charge is 0.361 e. The van der Waals surface area contributed by atoms with Gasteiger partial charge in [-0.2, -0.15) is 0 Å². The highest BCUT2D eigenvalue weighted by atomic mass is 19.1. The van der Waals surface area contributed by atoms with Crippen molar-refractivity contribution in [2.45, 2.75) is 13.0 Å². The van der Waals surface area contributed by atoms with Gasteiger partial charge in [-0.25, -0.2) is 14.4 Å². The van der Waals surface area contributed by atoms with Crippen LogP contribution in [-0.4, -0.2) is 52.1 Å². The number of aromatic nitrogens is 3. The Labute approximate surface area is 155 Å². The molecule has 0 spiro atoms. The second-order valence-electron chi connectivity index (χ2n) is 6.52. The first-order valence-corrected chi connectivity index (χ1v) is 8.56. The Bertz CT molecular complexity index is 969. The second-order valence-corrected chi connectivity index (χ2v) is 6.52. The number of anilines is 1. The van der Waals surface area contributed by atoms with Crippen LogP contribution in [0, 0.1) is 12.7 Å². The van der Waals surface area contributed by atoms with Crippen molar-refractivity contribution >= 4 is 11.7 Å². The second kappa shape index (κ2) is 6.79. The third-order valence-corrected chi connectivity index (χ3v) is 4.70. The monoisotopic (exact) mass is 367 g/mol. The third kappa shape index (κ3) is 3.14. The molecular weight excluding hydrogens is 349 g/mol. The zero-order valence-electron chi connectivity index (χ0n) is 15.0. The van der Waals surface area contributed by atoms with E-state index in [9.17, 15) is 9.18 Å². The van der Waals surface area contributed by atoms with Crippen LogP contribution in [0.1, 0.15) is 16.2 Å². The first-order valence-electron chi connectivity index (χ1n) is 8.56. The van der Waals surface area contributed by atoms with Gasteiger partial charge in [-0.05, 0) is 6.92 Å². The van der Waals surface area contributed by atoms with Crippen molar-refractivity contribution in [1.29, 1.82) is 0 Å². The molecule has 0 radical (unpaired) electrons. The van der Waals surface area contributed by atoms with Crippen molar-refractivity contribution in [1.82, 2.24) is 20.0 Å². The lowest BCUT2D eigenvalue weighted by Crippen LogP contribution is -2.60. The Kier molecular flexibility index (Phi) is 4.31.